The van der Waals surface area contributed by atoms with Gasteiger partial charge in [-0.1, -0.05) is 21.9 Å². The number of rotatable bonds is 8. The van der Waals surface area contributed by atoms with Gasteiger partial charge in [0.1, 0.15) is 12.4 Å². The zero-order valence-corrected chi connectivity index (χ0v) is 13.3. The number of halogens is 1. The fourth-order valence-electron chi connectivity index (χ4n) is 1.57. The molecule has 0 saturated carbocycles. The zero-order valence-electron chi connectivity index (χ0n) is 10.9. The highest BCUT2D eigenvalue weighted by Crippen LogP contribution is 2.23. The van der Waals surface area contributed by atoms with Crippen LogP contribution in [0.2, 0.25) is 0 Å². The van der Waals surface area contributed by atoms with Gasteiger partial charge in [0.15, 0.2) is 0 Å². The van der Waals surface area contributed by atoms with E-state index in [1.807, 2.05) is 18.2 Å². The molecule has 0 amide bonds. The van der Waals surface area contributed by atoms with Gasteiger partial charge in [-0.15, -0.1) is 6.42 Å². The quantitative estimate of drug-likeness (QED) is 0.539. The van der Waals surface area contributed by atoms with E-state index in [2.05, 4.69) is 27.2 Å². The summed E-state index contributed by atoms with van der Waals surface area (Å²) in [6, 6.07) is 5.64. The van der Waals surface area contributed by atoms with Gasteiger partial charge in [-0.3, -0.25) is 0 Å². The van der Waals surface area contributed by atoms with Crippen molar-refractivity contribution in [3.05, 3.63) is 28.2 Å². The third-order valence-electron chi connectivity index (χ3n) is 2.43. The molecule has 7 heteroatoms. The van der Waals surface area contributed by atoms with Crippen molar-refractivity contribution in [2.45, 2.75) is 13.0 Å². The first-order chi connectivity index (χ1) is 9.42. The number of sulfonamides is 1. The molecule has 0 aliphatic heterocycles. The van der Waals surface area contributed by atoms with Crippen LogP contribution in [0.25, 0.3) is 0 Å². The fraction of sp³-hybridized carbons (Fsp3) is 0.385. The zero-order chi connectivity index (χ0) is 15.0. The third-order valence-corrected chi connectivity index (χ3v) is 3.78. The van der Waals surface area contributed by atoms with E-state index >= 15 is 0 Å². The standard InChI is InChI=1S/C13H17BrN2O3S/c1-2-7-19-13-5-4-12(14)9-11(13)10-16-6-3-8-20(15,17)18/h1,4-5,9,16H,3,6-8,10H2,(H2,15,17,18). The Morgan fingerprint density at radius 3 is 2.85 bits per heavy atom. The van der Waals surface area contributed by atoms with Crippen LogP contribution in [-0.2, 0) is 16.6 Å². The van der Waals surface area contributed by atoms with E-state index in [0.717, 1.165) is 10.0 Å². The van der Waals surface area contributed by atoms with Crippen molar-refractivity contribution in [2.24, 2.45) is 5.14 Å². The Balaban J connectivity index is 2.50. The van der Waals surface area contributed by atoms with Gasteiger partial charge in [0.2, 0.25) is 10.0 Å². The minimum absolute atomic E-state index is 0.0288. The molecule has 0 aliphatic rings. The van der Waals surface area contributed by atoms with Gasteiger partial charge in [-0.2, -0.15) is 0 Å². The van der Waals surface area contributed by atoms with E-state index in [1.165, 1.54) is 0 Å². The van der Waals surface area contributed by atoms with Gasteiger partial charge in [0.25, 0.3) is 0 Å². The van der Waals surface area contributed by atoms with Gasteiger partial charge in [0, 0.05) is 16.6 Å². The van der Waals surface area contributed by atoms with E-state index < -0.39 is 10.0 Å². The maximum Gasteiger partial charge on any atom is 0.209 e. The van der Waals surface area contributed by atoms with Crippen molar-refractivity contribution < 1.29 is 13.2 Å². The molecule has 0 fully saturated rings. The van der Waals surface area contributed by atoms with E-state index in [9.17, 15) is 8.42 Å². The average Bonchev–Trinajstić information content (AvgIpc) is 2.36. The van der Waals surface area contributed by atoms with Crippen LogP contribution in [0.4, 0.5) is 0 Å². The molecule has 0 radical (unpaired) electrons. The largest absolute Gasteiger partial charge is 0.481 e. The topological polar surface area (TPSA) is 81.4 Å². The lowest BCUT2D eigenvalue weighted by atomic mass is 10.2. The Labute approximate surface area is 128 Å². The predicted molar refractivity (Wildman–Crippen MR) is 82.8 cm³/mol. The second kappa shape index (κ2) is 8.27. The van der Waals surface area contributed by atoms with Crippen molar-refractivity contribution in [3.63, 3.8) is 0 Å². The van der Waals surface area contributed by atoms with Crippen molar-refractivity contribution in [1.29, 1.82) is 0 Å². The maximum atomic E-state index is 10.8. The Morgan fingerprint density at radius 1 is 1.45 bits per heavy atom. The fourth-order valence-corrected chi connectivity index (χ4v) is 2.52. The first-order valence-corrected chi connectivity index (χ1v) is 8.49. The lowest BCUT2D eigenvalue weighted by Gasteiger charge is -2.11. The molecule has 20 heavy (non-hydrogen) atoms. The van der Waals surface area contributed by atoms with Crippen LogP contribution in [0.3, 0.4) is 0 Å². The molecule has 5 nitrogen and oxygen atoms in total. The smallest absolute Gasteiger partial charge is 0.209 e. The molecule has 0 aromatic heterocycles. The van der Waals surface area contributed by atoms with Crippen molar-refractivity contribution in [1.82, 2.24) is 5.32 Å². The van der Waals surface area contributed by atoms with Crippen LogP contribution < -0.4 is 15.2 Å². The predicted octanol–water partition coefficient (Wildman–Crippen LogP) is 1.23. The highest BCUT2D eigenvalue weighted by Gasteiger charge is 2.05. The molecular weight excluding hydrogens is 344 g/mol. The summed E-state index contributed by atoms with van der Waals surface area (Å²) >= 11 is 3.39. The Bertz CT molecular complexity index is 582. The van der Waals surface area contributed by atoms with Crippen LogP contribution in [0.5, 0.6) is 5.75 Å². The minimum atomic E-state index is -3.39. The molecule has 0 heterocycles. The van der Waals surface area contributed by atoms with Crippen LogP contribution >= 0.6 is 15.9 Å². The average molecular weight is 361 g/mol. The summed E-state index contributed by atoms with van der Waals surface area (Å²) in [7, 11) is -3.39. The molecule has 1 aromatic rings. The molecule has 3 N–H and O–H groups in total. The second-order valence-corrected chi connectivity index (χ2v) is 6.79. The van der Waals surface area contributed by atoms with Crippen LogP contribution in [0, 0.1) is 12.3 Å². The molecule has 0 aliphatic carbocycles. The van der Waals surface area contributed by atoms with Gasteiger partial charge < -0.3 is 10.1 Å². The number of primary sulfonamides is 1. The van der Waals surface area contributed by atoms with E-state index in [4.69, 9.17) is 16.3 Å². The number of benzene rings is 1. The van der Waals surface area contributed by atoms with Gasteiger partial charge in [-0.05, 0) is 31.2 Å². The van der Waals surface area contributed by atoms with Crippen LogP contribution in [-0.4, -0.2) is 27.3 Å². The van der Waals surface area contributed by atoms with Crippen molar-refractivity contribution >= 4 is 26.0 Å². The van der Waals surface area contributed by atoms with Gasteiger partial charge in [-0.25, -0.2) is 13.6 Å². The monoisotopic (exact) mass is 360 g/mol. The first kappa shape index (κ1) is 17.0. The summed E-state index contributed by atoms with van der Waals surface area (Å²) in [5.41, 5.74) is 0.949. The summed E-state index contributed by atoms with van der Waals surface area (Å²) in [6.45, 7) is 1.32. The summed E-state index contributed by atoms with van der Waals surface area (Å²) in [4.78, 5) is 0. The Hall–Kier alpha value is -1.07. The first-order valence-electron chi connectivity index (χ1n) is 5.98. The Kier molecular flexibility index (Phi) is 7.02. The van der Waals surface area contributed by atoms with E-state index in [0.29, 0.717) is 25.3 Å². The molecule has 0 spiro atoms. The third kappa shape index (κ3) is 6.91. The molecule has 0 saturated heterocycles. The molecule has 110 valence electrons. The molecule has 0 atom stereocenters. The minimum Gasteiger partial charge on any atom is -0.481 e. The van der Waals surface area contributed by atoms with E-state index in [-0.39, 0.29) is 12.4 Å². The molecule has 0 bridgehead atoms. The highest BCUT2D eigenvalue weighted by atomic mass is 79.9. The maximum absolute atomic E-state index is 10.8. The van der Waals surface area contributed by atoms with Crippen molar-refractivity contribution in [3.8, 4) is 18.1 Å². The lowest BCUT2D eigenvalue weighted by molar-refractivity contribution is 0.364. The lowest BCUT2D eigenvalue weighted by Crippen LogP contribution is -2.22. The number of hydrogen-bond acceptors (Lipinski definition) is 4. The van der Waals surface area contributed by atoms with Gasteiger partial charge >= 0.3 is 0 Å². The second-order valence-electron chi connectivity index (χ2n) is 4.14. The summed E-state index contributed by atoms with van der Waals surface area (Å²) in [5, 5.41) is 8.07. The number of nitrogens with one attached hydrogen (secondary N) is 1. The summed E-state index contributed by atoms with van der Waals surface area (Å²) in [5.74, 6) is 3.10. The number of hydrogen-bond donors (Lipinski definition) is 2. The number of ether oxygens (including phenoxy) is 1. The summed E-state index contributed by atoms with van der Waals surface area (Å²) < 4.78 is 27.9. The van der Waals surface area contributed by atoms with Crippen molar-refractivity contribution in [2.75, 3.05) is 18.9 Å². The number of terminal acetylenes is 1. The molecular formula is C13H17BrN2O3S. The van der Waals surface area contributed by atoms with Gasteiger partial charge in [0.05, 0.1) is 5.75 Å². The molecule has 1 aromatic carbocycles. The number of nitrogens with two attached hydrogens (primary N) is 1. The van der Waals surface area contributed by atoms with Crippen LogP contribution in [0.15, 0.2) is 22.7 Å². The van der Waals surface area contributed by atoms with Crippen LogP contribution in [0.1, 0.15) is 12.0 Å². The SMILES string of the molecule is C#CCOc1ccc(Br)cc1CNCCCS(N)(=O)=O. The Morgan fingerprint density at radius 2 is 2.20 bits per heavy atom. The normalized spacial score (nSPS) is 11.1. The molecule has 1 rings (SSSR count). The summed E-state index contributed by atoms with van der Waals surface area (Å²) in [6.07, 6.45) is 5.63. The molecule has 0 unspecified atom stereocenters. The highest BCUT2D eigenvalue weighted by molar-refractivity contribution is 9.10. The van der Waals surface area contributed by atoms with E-state index in [1.54, 1.807) is 0 Å².